The van der Waals surface area contributed by atoms with Crippen molar-refractivity contribution >= 4 is 11.9 Å². The minimum atomic E-state index is 0.0624. The fraction of sp³-hybridized carbons (Fsp3) is 0.375. The molecule has 9 heteroatoms. The summed E-state index contributed by atoms with van der Waals surface area (Å²) >= 11 is 0. The zero-order valence-electron chi connectivity index (χ0n) is 9.69. The van der Waals surface area contributed by atoms with Gasteiger partial charge in [0.2, 0.25) is 11.9 Å². The Labute approximate surface area is 97.3 Å². The molecule has 0 aromatic carbocycles. The largest absolute Gasteiger partial charge is 0.387 e. The van der Waals surface area contributed by atoms with Gasteiger partial charge in [0, 0.05) is 21.1 Å². The molecular formula is C8H12N8O. The monoisotopic (exact) mass is 236 g/mol. The van der Waals surface area contributed by atoms with Crippen LogP contribution < -0.4 is 15.4 Å². The van der Waals surface area contributed by atoms with Crippen LogP contribution in [0.1, 0.15) is 0 Å². The van der Waals surface area contributed by atoms with Crippen LogP contribution in [0.15, 0.2) is 6.33 Å². The number of ether oxygens (including phenoxy) is 1. The van der Waals surface area contributed by atoms with E-state index in [2.05, 4.69) is 25.0 Å². The third-order valence-electron chi connectivity index (χ3n) is 1.78. The molecule has 0 saturated carbocycles. The van der Waals surface area contributed by atoms with Crippen LogP contribution in [0.25, 0.3) is 0 Å². The van der Waals surface area contributed by atoms with E-state index in [4.69, 9.17) is 10.5 Å². The van der Waals surface area contributed by atoms with Gasteiger partial charge in [0.1, 0.15) is 6.33 Å². The number of hydrogen-bond donors (Lipinski definition) is 1. The fourth-order valence-corrected chi connectivity index (χ4v) is 1.05. The highest BCUT2D eigenvalue weighted by molar-refractivity contribution is 5.34. The third-order valence-corrected chi connectivity index (χ3v) is 1.78. The number of rotatable bonds is 3. The minimum Gasteiger partial charge on any atom is -0.387 e. The Balaban J connectivity index is 2.26. The standard InChI is InChI=1S/C8H12N8O/c1-15(2)6-11-5(9)12-8(13-6)17-7-10-4-16(3)14-7/h4H,1-3H3,(H2,9,11,12,13). The molecule has 2 rings (SSSR count). The average molecular weight is 236 g/mol. The van der Waals surface area contributed by atoms with Crippen LogP contribution in [0.3, 0.4) is 0 Å². The summed E-state index contributed by atoms with van der Waals surface area (Å²) in [6, 6.07) is 0.218. The molecule has 17 heavy (non-hydrogen) atoms. The SMILES string of the molecule is CN(C)c1nc(N)nc(Oc2ncn(C)n2)n1. The molecule has 90 valence electrons. The van der Waals surface area contributed by atoms with Crippen molar-refractivity contribution in [3.63, 3.8) is 0 Å². The first kappa shape index (κ1) is 11.0. The van der Waals surface area contributed by atoms with E-state index in [0.29, 0.717) is 5.95 Å². The first-order valence-corrected chi connectivity index (χ1v) is 4.77. The van der Waals surface area contributed by atoms with Crippen molar-refractivity contribution in [2.24, 2.45) is 7.05 Å². The Hall–Kier alpha value is -2.45. The van der Waals surface area contributed by atoms with E-state index < -0.39 is 0 Å². The molecule has 0 aliphatic rings. The molecule has 0 bridgehead atoms. The van der Waals surface area contributed by atoms with Gasteiger partial charge in [0.15, 0.2) is 0 Å². The maximum absolute atomic E-state index is 5.54. The van der Waals surface area contributed by atoms with E-state index in [-0.39, 0.29) is 18.0 Å². The number of nitrogens with two attached hydrogens (primary N) is 1. The van der Waals surface area contributed by atoms with Gasteiger partial charge < -0.3 is 15.4 Å². The summed E-state index contributed by atoms with van der Waals surface area (Å²) in [7, 11) is 5.31. The smallest absolute Gasteiger partial charge is 0.343 e. The van der Waals surface area contributed by atoms with Crippen LogP contribution in [-0.4, -0.2) is 43.8 Å². The molecule has 9 nitrogen and oxygen atoms in total. The lowest BCUT2D eigenvalue weighted by molar-refractivity contribution is 0.404. The Kier molecular flexibility index (Phi) is 2.73. The first-order chi connectivity index (χ1) is 8.04. The van der Waals surface area contributed by atoms with E-state index in [0.717, 1.165) is 0 Å². The number of aromatic nitrogens is 6. The molecule has 2 aromatic rings. The van der Waals surface area contributed by atoms with Crippen LogP contribution in [-0.2, 0) is 7.05 Å². The lowest BCUT2D eigenvalue weighted by Gasteiger charge is -2.10. The van der Waals surface area contributed by atoms with Gasteiger partial charge in [-0.3, -0.25) is 4.68 Å². The minimum absolute atomic E-state index is 0.0624. The Morgan fingerprint density at radius 1 is 1.24 bits per heavy atom. The molecular weight excluding hydrogens is 224 g/mol. The molecule has 0 aliphatic carbocycles. The van der Waals surface area contributed by atoms with E-state index in [1.165, 1.54) is 11.0 Å². The van der Waals surface area contributed by atoms with Gasteiger partial charge in [0.25, 0.3) is 0 Å². The maximum Gasteiger partial charge on any atom is 0.343 e. The fourth-order valence-electron chi connectivity index (χ4n) is 1.05. The van der Waals surface area contributed by atoms with Crippen LogP contribution in [0, 0.1) is 0 Å². The highest BCUT2D eigenvalue weighted by atomic mass is 16.5. The van der Waals surface area contributed by atoms with Crippen LogP contribution in [0.4, 0.5) is 11.9 Å². The molecule has 2 aromatic heterocycles. The summed E-state index contributed by atoms with van der Waals surface area (Å²) in [5.41, 5.74) is 5.54. The van der Waals surface area contributed by atoms with E-state index >= 15 is 0 Å². The molecule has 0 aliphatic heterocycles. The second kappa shape index (κ2) is 4.20. The van der Waals surface area contributed by atoms with Crippen molar-refractivity contribution in [1.29, 1.82) is 0 Å². The lowest BCUT2D eigenvalue weighted by atomic mass is 10.8. The van der Waals surface area contributed by atoms with Crippen molar-refractivity contribution < 1.29 is 4.74 Å². The molecule has 0 saturated heterocycles. The van der Waals surface area contributed by atoms with Crippen molar-refractivity contribution in [3.05, 3.63) is 6.33 Å². The van der Waals surface area contributed by atoms with Gasteiger partial charge in [-0.2, -0.15) is 19.9 Å². The van der Waals surface area contributed by atoms with Crippen LogP contribution in [0.2, 0.25) is 0 Å². The summed E-state index contributed by atoms with van der Waals surface area (Å²) in [5.74, 6) is 0.484. The lowest BCUT2D eigenvalue weighted by Crippen LogP contribution is -2.15. The van der Waals surface area contributed by atoms with E-state index in [1.807, 2.05) is 0 Å². The second-order valence-electron chi connectivity index (χ2n) is 3.47. The normalized spacial score (nSPS) is 10.3. The maximum atomic E-state index is 5.54. The quantitative estimate of drug-likeness (QED) is 0.755. The molecule has 0 atom stereocenters. The molecule has 0 amide bonds. The molecule has 2 N–H and O–H groups in total. The summed E-state index contributed by atoms with van der Waals surface area (Å²) in [6.45, 7) is 0. The number of aryl methyl sites for hydroxylation is 1. The van der Waals surface area contributed by atoms with Crippen molar-refractivity contribution in [2.45, 2.75) is 0 Å². The summed E-state index contributed by atoms with van der Waals surface area (Å²) in [4.78, 5) is 17.4. The van der Waals surface area contributed by atoms with Crippen LogP contribution in [0.5, 0.6) is 12.0 Å². The van der Waals surface area contributed by atoms with E-state index in [1.54, 1.807) is 26.0 Å². The Bertz CT molecular complexity index is 522. The van der Waals surface area contributed by atoms with Gasteiger partial charge in [-0.05, 0) is 0 Å². The third kappa shape index (κ3) is 2.56. The average Bonchev–Trinajstić information content (AvgIpc) is 2.63. The van der Waals surface area contributed by atoms with Crippen molar-refractivity contribution in [3.8, 4) is 12.0 Å². The van der Waals surface area contributed by atoms with Gasteiger partial charge in [-0.1, -0.05) is 0 Å². The Morgan fingerprint density at radius 3 is 2.59 bits per heavy atom. The van der Waals surface area contributed by atoms with Crippen molar-refractivity contribution in [2.75, 3.05) is 24.7 Å². The van der Waals surface area contributed by atoms with Gasteiger partial charge in [-0.25, -0.2) is 0 Å². The molecule has 0 unspecified atom stereocenters. The number of anilines is 2. The molecule has 0 fully saturated rings. The zero-order valence-corrected chi connectivity index (χ0v) is 9.69. The summed E-state index contributed by atoms with van der Waals surface area (Å²) in [5, 5.41) is 3.94. The predicted molar refractivity (Wildman–Crippen MR) is 59.6 cm³/mol. The molecule has 0 radical (unpaired) electrons. The molecule has 2 heterocycles. The predicted octanol–water partition coefficient (Wildman–Crippen LogP) is -0.559. The zero-order chi connectivity index (χ0) is 12.4. The van der Waals surface area contributed by atoms with Gasteiger partial charge >= 0.3 is 12.0 Å². The summed E-state index contributed by atoms with van der Waals surface area (Å²) in [6.07, 6.45) is 1.51. The molecule has 0 spiro atoms. The second-order valence-corrected chi connectivity index (χ2v) is 3.47. The van der Waals surface area contributed by atoms with Crippen LogP contribution >= 0.6 is 0 Å². The number of hydrogen-bond acceptors (Lipinski definition) is 8. The topological polar surface area (TPSA) is 108 Å². The Morgan fingerprint density at radius 2 is 2.00 bits per heavy atom. The van der Waals surface area contributed by atoms with E-state index in [9.17, 15) is 0 Å². The number of nitrogen functional groups attached to an aromatic ring is 1. The number of nitrogens with zero attached hydrogens (tertiary/aromatic N) is 7. The highest BCUT2D eigenvalue weighted by Gasteiger charge is 2.10. The first-order valence-electron chi connectivity index (χ1n) is 4.77. The van der Waals surface area contributed by atoms with Gasteiger partial charge in [-0.15, -0.1) is 5.10 Å². The van der Waals surface area contributed by atoms with Crippen molar-refractivity contribution in [1.82, 2.24) is 29.7 Å². The van der Waals surface area contributed by atoms with Gasteiger partial charge in [0.05, 0.1) is 0 Å². The summed E-state index contributed by atoms with van der Waals surface area (Å²) < 4.78 is 6.77. The highest BCUT2D eigenvalue weighted by Crippen LogP contribution is 2.15.